The number of benzene rings is 5. The molecule has 7 heteroatoms. The van der Waals surface area contributed by atoms with Crippen molar-refractivity contribution in [1.29, 1.82) is 0 Å². The van der Waals surface area contributed by atoms with Gasteiger partial charge in [-0.3, -0.25) is 19.7 Å². The Bertz CT molecular complexity index is 2280. The molecule has 0 bridgehead atoms. The molecule has 2 heterocycles. The second-order valence-electron chi connectivity index (χ2n) is 14.0. The monoisotopic (exact) mass is 696 g/mol. The van der Waals surface area contributed by atoms with Gasteiger partial charge in [0, 0.05) is 46.4 Å². The maximum atomic E-state index is 15.8. The molecule has 0 saturated heterocycles. The lowest BCUT2D eigenvalue weighted by Crippen LogP contribution is -2.59. The van der Waals surface area contributed by atoms with Crippen LogP contribution >= 0.6 is 0 Å². The highest BCUT2D eigenvalue weighted by atomic mass is 16.3. The number of pyridine rings is 1. The number of rotatable bonds is 9. The molecule has 0 aliphatic heterocycles. The highest BCUT2D eigenvalue weighted by Gasteiger charge is 2.52. The first-order chi connectivity index (χ1) is 25.9. The molecule has 262 valence electrons. The normalized spacial score (nSPS) is 17.4. The number of aromatic amines is 1. The predicted molar refractivity (Wildman–Crippen MR) is 207 cm³/mol. The Morgan fingerprint density at radius 2 is 1.34 bits per heavy atom. The van der Waals surface area contributed by atoms with Crippen LogP contribution in [0, 0.1) is 6.92 Å². The average molecular weight is 697 g/mol. The number of aromatic nitrogens is 3. The number of fused-ring (bicyclic) bond motifs is 1. The first-order valence-corrected chi connectivity index (χ1v) is 18.1. The summed E-state index contributed by atoms with van der Waals surface area (Å²) in [6, 6.07) is 48.3. The van der Waals surface area contributed by atoms with E-state index >= 15 is 4.79 Å². The van der Waals surface area contributed by atoms with E-state index in [4.69, 9.17) is 0 Å². The maximum absolute atomic E-state index is 15.8. The molecular formula is C46H40N4O3. The van der Waals surface area contributed by atoms with Crippen LogP contribution < -0.4 is 0 Å². The number of ketones is 1. The van der Waals surface area contributed by atoms with Gasteiger partial charge in [0.2, 0.25) is 0 Å². The van der Waals surface area contributed by atoms with Crippen LogP contribution in [-0.2, 0) is 5.54 Å². The third kappa shape index (κ3) is 6.13. The fourth-order valence-corrected chi connectivity index (χ4v) is 8.26. The summed E-state index contributed by atoms with van der Waals surface area (Å²) in [6.07, 6.45) is 3.31. The molecule has 7 nitrogen and oxygen atoms in total. The topological polar surface area (TPSA) is 99.2 Å². The standard InChI is InChI=1S/C46H40N4O3/c1-32-29-34(26-28-47-32)42-40-30-35(24-25-41(40)48-49-42)44(52)50(39-23-14-27-45(53,31-39)43(51)33-15-6-2-7-16-33)46(36-17-8-3-9-18-36,37-19-10-4-11-20-37)38-21-12-5-13-22-38/h2-13,15-22,24-26,28-30,39,53H,14,23,27,31H2,1H3,(H,48,49). The minimum Gasteiger partial charge on any atom is -0.382 e. The third-order valence-electron chi connectivity index (χ3n) is 10.7. The van der Waals surface area contributed by atoms with Crippen molar-refractivity contribution in [3.8, 4) is 11.3 Å². The number of carbonyl (C=O) groups is 2. The highest BCUT2D eigenvalue weighted by molar-refractivity contribution is 6.04. The largest absolute Gasteiger partial charge is 0.382 e. The molecule has 0 spiro atoms. The number of amides is 1. The van der Waals surface area contributed by atoms with Gasteiger partial charge in [-0.2, -0.15) is 5.10 Å². The van der Waals surface area contributed by atoms with Gasteiger partial charge < -0.3 is 10.0 Å². The van der Waals surface area contributed by atoms with Crippen molar-refractivity contribution in [2.75, 3.05) is 0 Å². The zero-order valence-corrected chi connectivity index (χ0v) is 29.5. The van der Waals surface area contributed by atoms with Gasteiger partial charge in [0.05, 0.1) is 5.52 Å². The van der Waals surface area contributed by atoms with Gasteiger partial charge >= 0.3 is 0 Å². The highest BCUT2D eigenvalue weighted by Crippen LogP contribution is 2.48. The van der Waals surface area contributed by atoms with Gasteiger partial charge in [-0.25, -0.2) is 0 Å². The Kier molecular flexibility index (Phi) is 9.02. The van der Waals surface area contributed by atoms with Crippen LogP contribution in [0.25, 0.3) is 22.2 Å². The summed E-state index contributed by atoms with van der Waals surface area (Å²) in [5.74, 6) is -0.542. The number of aryl methyl sites for hydroxylation is 1. The van der Waals surface area contributed by atoms with Gasteiger partial charge in [0.15, 0.2) is 5.78 Å². The number of H-pyrrole nitrogens is 1. The van der Waals surface area contributed by atoms with Crippen LogP contribution in [0.3, 0.4) is 0 Å². The Morgan fingerprint density at radius 3 is 1.92 bits per heavy atom. The molecule has 2 atom stereocenters. The smallest absolute Gasteiger partial charge is 0.255 e. The molecule has 53 heavy (non-hydrogen) atoms. The molecule has 7 aromatic rings. The Balaban J connectivity index is 1.37. The SMILES string of the molecule is Cc1cc(-c2n[nH]c3ccc(C(=O)N(C4CCCC(O)(C(=O)c5ccccc5)C4)C(c4ccccc4)(c4ccccc4)c4ccccc4)cc23)ccn1. The molecule has 2 N–H and O–H groups in total. The van der Waals surface area contributed by atoms with E-state index in [-0.39, 0.29) is 18.1 Å². The number of nitrogens with zero attached hydrogens (tertiary/aromatic N) is 3. The van der Waals surface area contributed by atoms with Gasteiger partial charge in [-0.15, -0.1) is 0 Å². The minimum absolute atomic E-state index is 0.0796. The Morgan fingerprint density at radius 1 is 0.755 bits per heavy atom. The number of hydrogen-bond acceptors (Lipinski definition) is 5. The molecular weight excluding hydrogens is 657 g/mol. The van der Waals surface area contributed by atoms with Crippen LogP contribution in [0.2, 0.25) is 0 Å². The Labute approximate surface area is 309 Å². The first-order valence-electron chi connectivity index (χ1n) is 18.1. The van der Waals surface area contributed by atoms with Gasteiger partial charge in [0.1, 0.15) is 16.8 Å². The van der Waals surface area contributed by atoms with Gasteiger partial charge in [0.25, 0.3) is 5.91 Å². The average Bonchev–Trinajstić information content (AvgIpc) is 3.64. The van der Waals surface area contributed by atoms with Crippen LogP contribution in [0.15, 0.2) is 158 Å². The second kappa shape index (κ2) is 14.1. The fourth-order valence-electron chi connectivity index (χ4n) is 8.26. The van der Waals surface area contributed by atoms with E-state index in [0.717, 1.165) is 44.5 Å². The summed E-state index contributed by atoms with van der Waals surface area (Å²) in [4.78, 5) is 36.3. The van der Waals surface area contributed by atoms with Crippen molar-refractivity contribution in [2.24, 2.45) is 0 Å². The summed E-state index contributed by atoms with van der Waals surface area (Å²) in [7, 11) is 0. The molecule has 5 aromatic carbocycles. The maximum Gasteiger partial charge on any atom is 0.255 e. The summed E-state index contributed by atoms with van der Waals surface area (Å²) >= 11 is 0. The molecule has 1 aliphatic carbocycles. The number of Topliss-reactive ketones (excluding diaryl/α,β-unsaturated/α-hetero) is 1. The molecule has 0 radical (unpaired) electrons. The Hall–Kier alpha value is -6.18. The van der Waals surface area contributed by atoms with Crippen LogP contribution in [0.5, 0.6) is 0 Å². The molecule has 8 rings (SSSR count). The lowest BCUT2D eigenvalue weighted by atomic mass is 9.71. The van der Waals surface area contributed by atoms with E-state index in [0.29, 0.717) is 30.4 Å². The van der Waals surface area contributed by atoms with E-state index in [1.807, 2.05) is 115 Å². The number of carbonyl (C=O) groups excluding carboxylic acids is 2. The number of hydrogen-bond donors (Lipinski definition) is 2. The second-order valence-corrected chi connectivity index (χ2v) is 14.0. The van der Waals surface area contributed by atoms with Crippen molar-refractivity contribution < 1.29 is 14.7 Å². The van der Waals surface area contributed by atoms with E-state index in [1.165, 1.54) is 0 Å². The molecule has 2 unspecified atom stereocenters. The lowest BCUT2D eigenvalue weighted by Gasteiger charge is -2.52. The minimum atomic E-state index is -1.67. The first kappa shape index (κ1) is 33.9. The molecule has 1 fully saturated rings. The van der Waals surface area contributed by atoms with Gasteiger partial charge in [-0.1, -0.05) is 121 Å². The van der Waals surface area contributed by atoms with E-state index < -0.39 is 17.2 Å². The van der Waals surface area contributed by atoms with Crippen LogP contribution in [0.1, 0.15) is 68.8 Å². The predicted octanol–water partition coefficient (Wildman–Crippen LogP) is 8.92. The quantitative estimate of drug-likeness (QED) is 0.116. The van der Waals surface area contributed by atoms with Crippen molar-refractivity contribution >= 4 is 22.6 Å². The fraction of sp³-hybridized carbons (Fsp3) is 0.174. The summed E-state index contributed by atoms with van der Waals surface area (Å²) < 4.78 is 0. The summed E-state index contributed by atoms with van der Waals surface area (Å²) in [5, 5.41) is 20.9. The van der Waals surface area contributed by atoms with Crippen molar-refractivity contribution in [3.05, 3.63) is 191 Å². The van der Waals surface area contributed by atoms with Gasteiger partial charge in [-0.05, 0) is 73.2 Å². The molecule has 1 aliphatic rings. The zero-order valence-electron chi connectivity index (χ0n) is 29.5. The lowest BCUT2D eigenvalue weighted by molar-refractivity contribution is -0.0234. The van der Waals surface area contributed by atoms with Crippen molar-refractivity contribution in [1.82, 2.24) is 20.1 Å². The molecule has 2 aromatic heterocycles. The van der Waals surface area contributed by atoms with Crippen LogP contribution in [-0.4, -0.2) is 48.5 Å². The summed E-state index contributed by atoms with van der Waals surface area (Å²) in [5.41, 5.74) is 4.10. The third-order valence-corrected chi connectivity index (χ3v) is 10.7. The van der Waals surface area contributed by atoms with Crippen molar-refractivity contribution in [2.45, 2.75) is 49.8 Å². The zero-order chi connectivity index (χ0) is 36.4. The number of aliphatic hydroxyl groups is 1. The van der Waals surface area contributed by atoms with E-state index in [1.54, 1.807) is 18.3 Å². The number of nitrogens with one attached hydrogen (secondary N) is 1. The molecule has 1 saturated carbocycles. The van der Waals surface area contributed by atoms with Crippen LogP contribution in [0.4, 0.5) is 0 Å². The summed E-state index contributed by atoms with van der Waals surface area (Å²) in [6.45, 7) is 1.94. The van der Waals surface area contributed by atoms with E-state index in [9.17, 15) is 9.90 Å². The van der Waals surface area contributed by atoms with E-state index in [2.05, 4.69) is 51.6 Å². The molecule has 1 amide bonds. The van der Waals surface area contributed by atoms with Crippen molar-refractivity contribution in [3.63, 3.8) is 0 Å².